The van der Waals surface area contributed by atoms with Crippen LogP contribution in [0.2, 0.25) is 0 Å². The van der Waals surface area contributed by atoms with Gasteiger partial charge in [-0.2, -0.15) is 11.8 Å². The van der Waals surface area contributed by atoms with E-state index in [4.69, 9.17) is 0 Å². The molecule has 0 aromatic heterocycles. The Hall–Kier alpha value is -0.710. The molecule has 0 bridgehead atoms. The number of carboxylic acid groups (broad SMARTS) is 1. The fraction of sp³-hybridized carbons (Fsp3) is 0.857. The summed E-state index contributed by atoms with van der Waals surface area (Å²) in [7, 11) is 0. The molecule has 0 spiro atoms. The molecule has 1 amide bonds. The van der Waals surface area contributed by atoms with Crippen molar-refractivity contribution in [1.82, 2.24) is 5.32 Å². The molecule has 0 radical (unpaired) electrons. The molecule has 0 heterocycles. The minimum absolute atomic E-state index is 0.122. The molecule has 2 fully saturated rings. The molecule has 2 aliphatic rings. The summed E-state index contributed by atoms with van der Waals surface area (Å²) in [5.74, 6) is -1.23. The van der Waals surface area contributed by atoms with Crippen LogP contribution in [0.25, 0.3) is 0 Å². The molecule has 0 aromatic rings. The largest absolute Gasteiger partial charge is 0.480 e. The van der Waals surface area contributed by atoms with Crippen LogP contribution in [-0.2, 0) is 9.59 Å². The van der Waals surface area contributed by atoms with Crippen LogP contribution < -0.4 is 5.32 Å². The minimum Gasteiger partial charge on any atom is -0.480 e. The van der Waals surface area contributed by atoms with E-state index in [1.54, 1.807) is 0 Å². The number of thioether (sulfide) groups is 1. The van der Waals surface area contributed by atoms with E-state index in [2.05, 4.69) is 11.6 Å². The molecule has 0 atom stereocenters. The number of hydrogen-bond acceptors (Lipinski definition) is 3. The van der Waals surface area contributed by atoms with Crippen molar-refractivity contribution in [2.45, 2.75) is 56.1 Å². The predicted octanol–water partition coefficient (Wildman–Crippen LogP) is 2.42. The predicted molar refractivity (Wildman–Crippen MR) is 76.3 cm³/mol. The van der Waals surface area contributed by atoms with Crippen LogP contribution in [0.5, 0.6) is 0 Å². The summed E-state index contributed by atoms with van der Waals surface area (Å²) in [6.45, 7) is 0.613. The van der Waals surface area contributed by atoms with E-state index in [1.165, 1.54) is 19.3 Å². The molecule has 4 nitrogen and oxygen atoms in total. The Bertz CT molecular complexity index is 360. The summed E-state index contributed by atoms with van der Waals surface area (Å²) in [5.41, 5.74) is -1.13. The summed E-state index contributed by atoms with van der Waals surface area (Å²) < 4.78 is 0.122. The maximum atomic E-state index is 12.2. The van der Waals surface area contributed by atoms with Gasteiger partial charge in [0.2, 0.25) is 5.91 Å². The summed E-state index contributed by atoms with van der Waals surface area (Å²) in [6, 6.07) is 0. The van der Waals surface area contributed by atoms with Crippen LogP contribution in [0.3, 0.4) is 0 Å². The van der Waals surface area contributed by atoms with Gasteiger partial charge in [-0.1, -0.05) is 25.7 Å². The summed E-state index contributed by atoms with van der Waals surface area (Å²) in [4.78, 5) is 23.5. The molecule has 0 aliphatic heterocycles. The van der Waals surface area contributed by atoms with Gasteiger partial charge in [-0.15, -0.1) is 0 Å². The highest BCUT2D eigenvalue weighted by molar-refractivity contribution is 8.00. The molecule has 0 unspecified atom stereocenters. The van der Waals surface area contributed by atoms with Crippen LogP contribution in [0.1, 0.15) is 51.4 Å². The van der Waals surface area contributed by atoms with Gasteiger partial charge in [0.25, 0.3) is 0 Å². The fourth-order valence-corrected chi connectivity index (χ4v) is 4.04. The van der Waals surface area contributed by atoms with Crippen molar-refractivity contribution in [1.29, 1.82) is 0 Å². The molecule has 108 valence electrons. The van der Waals surface area contributed by atoms with E-state index in [0.717, 1.165) is 19.3 Å². The van der Waals surface area contributed by atoms with Gasteiger partial charge in [0, 0.05) is 11.3 Å². The lowest BCUT2D eigenvalue weighted by Gasteiger charge is -2.39. The van der Waals surface area contributed by atoms with Crippen LogP contribution in [0, 0.1) is 5.41 Å². The number of rotatable bonds is 5. The second-order valence-corrected chi connectivity index (χ2v) is 7.15. The molecule has 2 saturated carbocycles. The Morgan fingerprint density at radius 3 is 2.16 bits per heavy atom. The van der Waals surface area contributed by atoms with Gasteiger partial charge in [0.05, 0.1) is 0 Å². The van der Waals surface area contributed by atoms with Gasteiger partial charge in [-0.05, 0) is 31.9 Å². The summed E-state index contributed by atoms with van der Waals surface area (Å²) >= 11 is 1.82. The van der Waals surface area contributed by atoms with Gasteiger partial charge < -0.3 is 10.4 Å². The Kier molecular flexibility index (Phi) is 4.43. The topological polar surface area (TPSA) is 66.4 Å². The second kappa shape index (κ2) is 5.73. The average Bonchev–Trinajstić information content (AvgIpc) is 2.36. The van der Waals surface area contributed by atoms with E-state index in [-0.39, 0.29) is 10.7 Å². The lowest BCUT2D eigenvalue weighted by atomic mass is 9.68. The van der Waals surface area contributed by atoms with Crippen molar-refractivity contribution < 1.29 is 14.7 Å². The van der Waals surface area contributed by atoms with Gasteiger partial charge in [-0.3, -0.25) is 9.59 Å². The highest BCUT2D eigenvalue weighted by Crippen LogP contribution is 2.42. The number of aliphatic carboxylic acids is 1. The molecule has 0 aromatic carbocycles. The monoisotopic (exact) mass is 285 g/mol. The number of nitrogens with one attached hydrogen (secondary N) is 1. The van der Waals surface area contributed by atoms with Gasteiger partial charge in [0.1, 0.15) is 5.41 Å². The fourth-order valence-electron chi connectivity index (χ4n) is 3.13. The Labute approximate surface area is 118 Å². The van der Waals surface area contributed by atoms with E-state index in [1.807, 2.05) is 11.8 Å². The number of carboxylic acids is 1. The standard InChI is InChI=1S/C14H23NO3S/c1-19-13(6-3-2-4-7-13)10-15-11(16)14(12(17)18)8-5-9-14/h2-10H2,1H3,(H,15,16)(H,17,18). The smallest absolute Gasteiger partial charge is 0.319 e. The van der Waals surface area contributed by atoms with E-state index in [9.17, 15) is 14.7 Å². The highest BCUT2D eigenvalue weighted by atomic mass is 32.2. The number of carbonyl (C=O) groups excluding carboxylic acids is 1. The zero-order valence-electron chi connectivity index (χ0n) is 11.5. The third-order valence-electron chi connectivity index (χ3n) is 4.82. The van der Waals surface area contributed by atoms with Crippen LogP contribution in [-0.4, -0.2) is 34.5 Å². The number of hydrogen-bond donors (Lipinski definition) is 2. The van der Waals surface area contributed by atoms with Crippen molar-refractivity contribution in [3.8, 4) is 0 Å². The molecule has 5 heteroatoms. The van der Waals surface area contributed by atoms with Crippen molar-refractivity contribution in [2.75, 3.05) is 12.8 Å². The molecule has 19 heavy (non-hydrogen) atoms. The molecular weight excluding hydrogens is 262 g/mol. The lowest BCUT2D eigenvalue weighted by molar-refractivity contribution is -0.162. The van der Waals surface area contributed by atoms with E-state index >= 15 is 0 Å². The molecule has 0 saturated heterocycles. The lowest BCUT2D eigenvalue weighted by Crippen LogP contribution is -2.53. The molecule has 2 N–H and O–H groups in total. The zero-order valence-corrected chi connectivity index (χ0v) is 12.4. The minimum atomic E-state index is -1.13. The van der Waals surface area contributed by atoms with Crippen LogP contribution >= 0.6 is 11.8 Å². The van der Waals surface area contributed by atoms with Crippen molar-refractivity contribution in [3.05, 3.63) is 0 Å². The first-order valence-electron chi connectivity index (χ1n) is 7.12. The third kappa shape index (κ3) is 2.76. The van der Waals surface area contributed by atoms with Crippen molar-refractivity contribution >= 4 is 23.6 Å². The molecule has 2 rings (SSSR count). The SMILES string of the molecule is CSC1(CNC(=O)C2(C(=O)O)CCC2)CCCCC1. The first-order valence-corrected chi connectivity index (χ1v) is 8.34. The van der Waals surface area contributed by atoms with Crippen LogP contribution in [0.15, 0.2) is 0 Å². The maximum Gasteiger partial charge on any atom is 0.319 e. The van der Waals surface area contributed by atoms with Gasteiger partial charge in [0.15, 0.2) is 0 Å². The summed E-state index contributed by atoms with van der Waals surface area (Å²) in [5, 5.41) is 12.2. The zero-order chi connectivity index (χ0) is 13.9. The van der Waals surface area contributed by atoms with Gasteiger partial charge in [-0.25, -0.2) is 0 Å². The van der Waals surface area contributed by atoms with Crippen LogP contribution in [0.4, 0.5) is 0 Å². The second-order valence-electron chi connectivity index (χ2n) is 5.87. The quantitative estimate of drug-likeness (QED) is 0.761. The summed E-state index contributed by atoms with van der Waals surface area (Å²) in [6.07, 6.45) is 9.84. The van der Waals surface area contributed by atoms with E-state index in [0.29, 0.717) is 19.4 Å². The highest BCUT2D eigenvalue weighted by Gasteiger charge is 2.51. The first-order chi connectivity index (χ1) is 9.05. The Balaban J connectivity index is 1.93. The molecular formula is C14H23NO3S. The first kappa shape index (κ1) is 14.7. The van der Waals surface area contributed by atoms with Crippen molar-refractivity contribution in [3.63, 3.8) is 0 Å². The maximum absolute atomic E-state index is 12.2. The van der Waals surface area contributed by atoms with E-state index < -0.39 is 11.4 Å². The normalized spacial score (nSPS) is 24.3. The Morgan fingerprint density at radius 1 is 1.11 bits per heavy atom. The molecule has 2 aliphatic carbocycles. The Morgan fingerprint density at radius 2 is 1.74 bits per heavy atom. The van der Waals surface area contributed by atoms with Crippen molar-refractivity contribution in [2.24, 2.45) is 5.41 Å². The average molecular weight is 285 g/mol. The number of carbonyl (C=O) groups is 2. The third-order valence-corrected chi connectivity index (χ3v) is 6.24. The number of amides is 1. The van der Waals surface area contributed by atoms with Gasteiger partial charge >= 0.3 is 5.97 Å².